The molecule has 16 heavy (non-hydrogen) atoms. The molecule has 0 fully saturated rings. The molecule has 2 heterocycles. The van der Waals surface area contributed by atoms with E-state index in [0.29, 0.717) is 5.82 Å². The molecule has 0 amide bonds. The lowest BCUT2D eigenvalue weighted by atomic mass is 10.2. The lowest BCUT2D eigenvalue weighted by Crippen LogP contribution is -2.08. The van der Waals surface area contributed by atoms with Crippen molar-refractivity contribution in [1.29, 1.82) is 0 Å². The van der Waals surface area contributed by atoms with Crippen molar-refractivity contribution < 1.29 is 14.6 Å². The number of esters is 1. The second-order valence-electron chi connectivity index (χ2n) is 3.19. The van der Waals surface area contributed by atoms with Crippen LogP contribution in [0.5, 0.6) is 5.88 Å². The summed E-state index contributed by atoms with van der Waals surface area (Å²) < 4.78 is 6.30. The number of carbonyl (C=O) groups is 1. The van der Waals surface area contributed by atoms with Crippen LogP contribution in [-0.2, 0) is 4.74 Å². The molecular weight excluding hydrogens is 210 g/mol. The highest BCUT2D eigenvalue weighted by atomic mass is 16.5. The van der Waals surface area contributed by atoms with Crippen LogP contribution in [0, 0.1) is 0 Å². The van der Waals surface area contributed by atoms with Gasteiger partial charge in [-0.3, -0.25) is 4.40 Å². The molecule has 0 aliphatic heterocycles. The van der Waals surface area contributed by atoms with Crippen molar-refractivity contribution >= 4 is 17.4 Å². The van der Waals surface area contributed by atoms with Gasteiger partial charge in [0.1, 0.15) is 11.4 Å². The molecule has 84 valence electrons. The Morgan fingerprint density at radius 1 is 1.62 bits per heavy atom. The Kier molecular flexibility index (Phi) is 2.40. The third-order valence-corrected chi connectivity index (χ3v) is 2.13. The van der Waals surface area contributed by atoms with Crippen molar-refractivity contribution in [3.05, 3.63) is 23.9 Å². The van der Waals surface area contributed by atoms with E-state index in [0.717, 1.165) is 0 Å². The molecule has 0 bridgehead atoms. The number of nitrogens with two attached hydrogens (primary N) is 1. The SMILES string of the molecule is CCOC(=O)c1ccc(N)n2cc(O)nc12. The first-order chi connectivity index (χ1) is 7.63. The first-order valence-corrected chi connectivity index (χ1v) is 4.77. The van der Waals surface area contributed by atoms with Gasteiger partial charge in [-0.2, -0.15) is 4.98 Å². The molecule has 0 saturated carbocycles. The van der Waals surface area contributed by atoms with Gasteiger partial charge in [0, 0.05) is 0 Å². The Morgan fingerprint density at radius 3 is 3.06 bits per heavy atom. The van der Waals surface area contributed by atoms with E-state index in [1.54, 1.807) is 13.0 Å². The molecule has 0 aliphatic rings. The van der Waals surface area contributed by atoms with Gasteiger partial charge >= 0.3 is 5.97 Å². The van der Waals surface area contributed by atoms with E-state index in [-0.39, 0.29) is 23.7 Å². The zero-order valence-corrected chi connectivity index (χ0v) is 8.67. The number of imidazole rings is 1. The highest BCUT2D eigenvalue weighted by molar-refractivity contribution is 5.96. The van der Waals surface area contributed by atoms with Crippen LogP contribution in [0.3, 0.4) is 0 Å². The smallest absolute Gasteiger partial charge is 0.341 e. The number of aromatic hydroxyl groups is 1. The van der Waals surface area contributed by atoms with Crippen LogP contribution in [0.1, 0.15) is 17.3 Å². The highest BCUT2D eigenvalue weighted by Crippen LogP contribution is 2.19. The van der Waals surface area contributed by atoms with E-state index in [9.17, 15) is 9.90 Å². The maximum atomic E-state index is 11.6. The molecule has 0 saturated heterocycles. The number of anilines is 1. The molecule has 2 aromatic rings. The third kappa shape index (κ3) is 1.54. The second-order valence-corrected chi connectivity index (χ2v) is 3.19. The Labute approximate surface area is 91.3 Å². The molecule has 0 aliphatic carbocycles. The summed E-state index contributed by atoms with van der Waals surface area (Å²) in [5.74, 6) is -0.294. The molecule has 0 spiro atoms. The Balaban J connectivity index is 2.62. The van der Waals surface area contributed by atoms with Crippen molar-refractivity contribution in [3.63, 3.8) is 0 Å². The fourth-order valence-corrected chi connectivity index (χ4v) is 1.45. The standard InChI is InChI=1S/C10H11N3O3/c1-2-16-10(15)6-3-4-7(11)13-5-8(14)12-9(6)13/h3-5,14H,2,11H2,1H3. The molecule has 2 rings (SSSR count). The molecule has 2 aromatic heterocycles. The summed E-state index contributed by atoms with van der Waals surface area (Å²) in [5, 5.41) is 9.28. The fourth-order valence-electron chi connectivity index (χ4n) is 1.45. The van der Waals surface area contributed by atoms with Crippen molar-refractivity contribution in [2.45, 2.75) is 6.92 Å². The van der Waals surface area contributed by atoms with Gasteiger partial charge in [0.15, 0.2) is 5.65 Å². The van der Waals surface area contributed by atoms with Gasteiger partial charge < -0.3 is 15.6 Å². The number of rotatable bonds is 2. The highest BCUT2D eigenvalue weighted by Gasteiger charge is 2.15. The van der Waals surface area contributed by atoms with Crippen LogP contribution < -0.4 is 5.73 Å². The first kappa shape index (κ1) is 10.3. The third-order valence-electron chi connectivity index (χ3n) is 2.13. The van der Waals surface area contributed by atoms with E-state index < -0.39 is 5.97 Å². The molecular formula is C10H11N3O3. The Morgan fingerprint density at radius 2 is 2.38 bits per heavy atom. The summed E-state index contributed by atoms with van der Waals surface area (Å²) in [6.45, 7) is 2.00. The predicted octanol–water partition coefficient (Wildman–Crippen LogP) is 0.799. The predicted molar refractivity (Wildman–Crippen MR) is 57.2 cm³/mol. The van der Waals surface area contributed by atoms with E-state index in [4.69, 9.17) is 10.5 Å². The minimum Gasteiger partial charge on any atom is -0.492 e. The van der Waals surface area contributed by atoms with Crippen LogP contribution >= 0.6 is 0 Å². The summed E-state index contributed by atoms with van der Waals surface area (Å²) in [6.07, 6.45) is 1.34. The number of carbonyl (C=O) groups excluding carboxylic acids is 1. The Bertz CT molecular complexity index is 547. The van der Waals surface area contributed by atoms with Gasteiger partial charge in [0.25, 0.3) is 0 Å². The minimum absolute atomic E-state index is 0.191. The maximum Gasteiger partial charge on any atom is 0.341 e. The Hall–Kier alpha value is -2.24. The van der Waals surface area contributed by atoms with Crippen LogP contribution in [-0.4, -0.2) is 27.1 Å². The zero-order chi connectivity index (χ0) is 11.7. The minimum atomic E-state index is -0.488. The summed E-state index contributed by atoms with van der Waals surface area (Å²) in [4.78, 5) is 15.4. The summed E-state index contributed by atoms with van der Waals surface area (Å²) in [5.41, 5.74) is 6.23. The average Bonchev–Trinajstić information content (AvgIpc) is 2.61. The van der Waals surface area contributed by atoms with Gasteiger partial charge in [-0.1, -0.05) is 0 Å². The van der Waals surface area contributed by atoms with Crippen LogP contribution in [0.15, 0.2) is 18.3 Å². The number of nitrogens with zero attached hydrogens (tertiary/aromatic N) is 2. The lowest BCUT2D eigenvalue weighted by molar-refractivity contribution is 0.0528. The van der Waals surface area contributed by atoms with Crippen molar-refractivity contribution in [2.75, 3.05) is 12.3 Å². The van der Waals surface area contributed by atoms with Crippen LogP contribution in [0.4, 0.5) is 5.82 Å². The van der Waals surface area contributed by atoms with Crippen molar-refractivity contribution in [3.8, 4) is 5.88 Å². The second kappa shape index (κ2) is 3.73. The number of hydrogen-bond donors (Lipinski definition) is 2. The summed E-state index contributed by atoms with van der Waals surface area (Å²) in [6, 6.07) is 3.08. The monoisotopic (exact) mass is 221 g/mol. The number of aromatic nitrogens is 2. The molecule has 6 heteroatoms. The largest absolute Gasteiger partial charge is 0.492 e. The summed E-state index contributed by atoms with van der Waals surface area (Å²) >= 11 is 0. The lowest BCUT2D eigenvalue weighted by Gasteiger charge is -2.04. The summed E-state index contributed by atoms with van der Waals surface area (Å²) in [7, 11) is 0. The average molecular weight is 221 g/mol. The topological polar surface area (TPSA) is 89.9 Å². The van der Waals surface area contributed by atoms with E-state index in [1.165, 1.54) is 16.7 Å². The quantitative estimate of drug-likeness (QED) is 0.732. The number of pyridine rings is 1. The van der Waals surface area contributed by atoms with E-state index >= 15 is 0 Å². The van der Waals surface area contributed by atoms with Gasteiger partial charge in [-0.25, -0.2) is 4.79 Å². The molecule has 0 atom stereocenters. The van der Waals surface area contributed by atoms with Crippen LogP contribution in [0.25, 0.3) is 5.65 Å². The maximum absolute atomic E-state index is 11.6. The molecule has 6 nitrogen and oxygen atoms in total. The normalized spacial score (nSPS) is 10.6. The fraction of sp³-hybridized carbons (Fsp3) is 0.200. The van der Waals surface area contributed by atoms with Gasteiger partial charge in [0.2, 0.25) is 5.88 Å². The molecule has 0 radical (unpaired) electrons. The van der Waals surface area contributed by atoms with E-state index in [2.05, 4.69) is 4.98 Å². The first-order valence-electron chi connectivity index (χ1n) is 4.77. The van der Waals surface area contributed by atoms with Gasteiger partial charge in [-0.05, 0) is 19.1 Å². The van der Waals surface area contributed by atoms with Gasteiger partial charge in [0.05, 0.1) is 12.8 Å². The van der Waals surface area contributed by atoms with Crippen LogP contribution in [0.2, 0.25) is 0 Å². The number of fused-ring (bicyclic) bond motifs is 1. The van der Waals surface area contributed by atoms with E-state index in [1.807, 2.05) is 0 Å². The molecule has 0 unspecified atom stereocenters. The molecule has 0 aromatic carbocycles. The molecule has 3 N–H and O–H groups in total. The number of nitrogen functional groups attached to an aromatic ring is 1. The van der Waals surface area contributed by atoms with Crippen molar-refractivity contribution in [2.24, 2.45) is 0 Å². The number of ether oxygens (including phenoxy) is 1. The zero-order valence-electron chi connectivity index (χ0n) is 8.67. The van der Waals surface area contributed by atoms with Crippen molar-refractivity contribution in [1.82, 2.24) is 9.38 Å². The van der Waals surface area contributed by atoms with Gasteiger partial charge in [-0.15, -0.1) is 0 Å². The number of hydrogen-bond acceptors (Lipinski definition) is 5.